The molecule has 138 valence electrons. The van der Waals surface area contributed by atoms with Crippen molar-refractivity contribution in [1.82, 2.24) is 0 Å². The Morgan fingerprint density at radius 2 is 0.931 bits per heavy atom. The van der Waals surface area contributed by atoms with Crippen molar-refractivity contribution in [3.05, 3.63) is 149 Å². The van der Waals surface area contributed by atoms with Crippen molar-refractivity contribution in [2.45, 2.75) is 5.41 Å². The highest BCUT2D eigenvalue weighted by Crippen LogP contribution is 2.45. The van der Waals surface area contributed by atoms with E-state index in [9.17, 15) is 4.79 Å². The summed E-state index contributed by atoms with van der Waals surface area (Å²) in [5, 5.41) is 0. The van der Waals surface area contributed by atoms with Crippen LogP contribution in [0.15, 0.2) is 121 Å². The molecule has 0 heterocycles. The number of ketones is 1. The van der Waals surface area contributed by atoms with Gasteiger partial charge in [0.2, 0.25) is 0 Å². The monoisotopic (exact) mass is 372 g/mol. The van der Waals surface area contributed by atoms with Gasteiger partial charge in [-0.1, -0.05) is 121 Å². The molecule has 0 bridgehead atoms. The molecular formula is C28H20O. The van der Waals surface area contributed by atoms with Crippen LogP contribution in [0.3, 0.4) is 0 Å². The van der Waals surface area contributed by atoms with Crippen LogP contribution in [0.1, 0.15) is 32.6 Å². The number of fused-ring (bicyclic) bond motifs is 1. The molecule has 0 amide bonds. The maximum Gasteiger partial charge on any atom is 0.182 e. The van der Waals surface area contributed by atoms with Crippen LogP contribution in [0.2, 0.25) is 0 Å². The van der Waals surface area contributed by atoms with Crippen molar-refractivity contribution >= 4 is 11.4 Å². The Bertz CT molecular complexity index is 1150. The first-order chi connectivity index (χ1) is 14.3. The topological polar surface area (TPSA) is 17.1 Å². The lowest BCUT2D eigenvalue weighted by atomic mass is 9.64. The first-order valence-corrected chi connectivity index (χ1v) is 9.84. The Balaban J connectivity index is 1.89. The van der Waals surface area contributed by atoms with Crippen molar-refractivity contribution in [2.24, 2.45) is 0 Å². The van der Waals surface area contributed by atoms with E-state index >= 15 is 0 Å². The van der Waals surface area contributed by atoms with Crippen molar-refractivity contribution in [3.63, 3.8) is 0 Å². The molecule has 0 unspecified atom stereocenters. The van der Waals surface area contributed by atoms with Crippen LogP contribution in [0.4, 0.5) is 0 Å². The lowest BCUT2D eigenvalue weighted by molar-refractivity contribution is 0.0937. The largest absolute Gasteiger partial charge is 0.292 e. The van der Waals surface area contributed by atoms with E-state index in [0.29, 0.717) is 0 Å². The second-order valence-electron chi connectivity index (χ2n) is 7.34. The second-order valence-corrected chi connectivity index (χ2v) is 7.34. The van der Waals surface area contributed by atoms with E-state index in [1.165, 1.54) is 0 Å². The number of hydrogen-bond acceptors (Lipinski definition) is 1. The SMILES string of the molecule is O=C1c2ccccc2C(c2ccccc2)=CC1(c1ccccc1)c1ccccc1. The maximum absolute atomic E-state index is 14.1. The summed E-state index contributed by atoms with van der Waals surface area (Å²) >= 11 is 0. The molecule has 0 saturated heterocycles. The number of carbonyl (C=O) groups is 1. The number of benzene rings is 4. The maximum atomic E-state index is 14.1. The van der Waals surface area contributed by atoms with Crippen LogP contribution in [-0.4, -0.2) is 5.78 Å². The molecule has 0 spiro atoms. The molecule has 4 aromatic rings. The third kappa shape index (κ3) is 2.75. The highest BCUT2D eigenvalue weighted by Gasteiger charge is 2.44. The normalized spacial score (nSPS) is 14.8. The highest BCUT2D eigenvalue weighted by atomic mass is 16.1. The smallest absolute Gasteiger partial charge is 0.182 e. The van der Waals surface area contributed by atoms with Gasteiger partial charge in [0.1, 0.15) is 5.41 Å². The molecule has 1 aliphatic carbocycles. The summed E-state index contributed by atoms with van der Waals surface area (Å²) in [5.41, 5.74) is 5.07. The van der Waals surface area contributed by atoms with Gasteiger partial charge < -0.3 is 0 Å². The minimum atomic E-state index is -0.859. The molecule has 0 aliphatic heterocycles. The summed E-state index contributed by atoms with van der Waals surface area (Å²) in [6, 6.07) is 38.5. The Labute approximate surface area is 171 Å². The number of carbonyl (C=O) groups excluding carboxylic acids is 1. The van der Waals surface area contributed by atoms with Crippen molar-refractivity contribution in [1.29, 1.82) is 0 Å². The van der Waals surface area contributed by atoms with Crippen LogP contribution in [-0.2, 0) is 5.41 Å². The summed E-state index contributed by atoms with van der Waals surface area (Å²) in [5.74, 6) is 0.116. The second kappa shape index (κ2) is 7.03. The van der Waals surface area contributed by atoms with Crippen molar-refractivity contribution in [2.75, 3.05) is 0 Å². The van der Waals surface area contributed by atoms with E-state index in [2.05, 4.69) is 42.5 Å². The molecule has 1 aliphatic rings. The zero-order valence-corrected chi connectivity index (χ0v) is 16.0. The minimum Gasteiger partial charge on any atom is -0.292 e. The lowest BCUT2D eigenvalue weighted by Gasteiger charge is -2.36. The van der Waals surface area contributed by atoms with Gasteiger partial charge in [-0.05, 0) is 27.8 Å². The van der Waals surface area contributed by atoms with E-state index in [0.717, 1.165) is 33.4 Å². The van der Waals surface area contributed by atoms with Gasteiger partial charge in [-0.3, -0.25) is 4.79 Å². The quantitative estimate of drug-likeness (QED) is 0.412. The molecule has 29 heavy (non-hydrogen) atoms. The number of allylic oxidation sites excluding steroid dienone is 1. The van der Waals surface area contributed by atoms with Crippen molar-refractivity contribution < 1.29 is 4.79 Å². The Morgan fingerprint density at radius 3 is 1.48 bits per heavy atom. The van der Waals surface area contributed by atoms with Gasteiger partial charge in [0.25, 0.3) is 0 Å². The molecule has 0 radical (unpaired) electrons. The van der Waals surface area contributed by atoms with Crippen LogP contribution in [0, 0.1) is 0 Å². The average molecular weight is 372 g/mol. The van der Waals surface area contributed by atoms with Gasteiger partial charge in [-0.2, -0.15) is 0 Å². The Morgan fingerprint density at radius 1 is 0.483 bits per heavy atom. The molecule has 5 rings (SSSR count). The Hall–Kier alpha value is -3.71. The van der Waals surface area contributed by atoms with Gasteiger partial charge in [0, 0.05) is 5.56 Å². The molecule has 0 aromatic heterocycles. The number of hydrogen-bond donors (Lipinski definition) is 0. The number of Topliss-reactive ketones (excluding diaryl/α,β-unsaturated/α-hetero) is 1. The summed E-state index contributed by atoms with van der Waals surface area (Å²) < 4.78 is 0. The van der Waals surface area contributed by atoms with Gasteiger partial charge in [-0.15, -0.1) is 0 Å². The highest BCUT2D eigenvalue weighted by molar-refractivity contribution is 6.15. The first-order valence-electron chi connectivity index (χ1n) is 9.84. The van der Waals surface area contributed by atoms with Crippen molar-refractivity contribution in [3.8, 4) is 0 Å². The fourth-order valence-electron chi connectivity index (χ4n) is 4.34. The van der Waals surface area contributed by atoms with Gasteiger partial charge in [0.05, 0.1) is 0 Å². The van der Waals surface area contributed by atoms with E-state index in [-0.39, 0.29) is 5.78 Å². The average Bonchev–Trinajstić information content (AvgIpc) is 2.81. The van der Waals surface area contributed by atoms with Crippen LogP contribution in [0.25, 0.3) is 5.57 Å². The lowest BCUT2D eigenvalue weighted by Crippen LogP contribution is -2.38. The fraction of sp³-hybridized carbons (Fsp3) is 0.0357. The summed E-state index contributed by atoms with van der Waals surface area (Å²) in [4.78, 5) is 14.1. The van der Waals surface area contributed by atoms with E-state index in [1.54, 1.807) is 0 Å². The number of rotatable bonds is 3. The van der Waals surface area contributed by atoms with Crippen LogP contribution >= 0.6 is 0 Å². The Kier molecular flexibility index (Phi) is 4.22. The fourth-order valence-corrected chi connectivity index (χ4v) is 4.34. The molecule has 0 fully saturated rings. The van der Waals surface area contributed by atoms with E-state index in [4.69, 9.17) is 0 Å². The van der Waals surface area contributed by atoms with E-state index in [1.807, 2.05) is 78.9 Å². The van der Waals surface area contributed by atoms with Gasteiger partial charge in [-0.25, -0.2) is 0 Å². The van der Waals surface area contributed by atoms with Crippen LogP contribution < -0.4 is 0 Å². The van der Waals surface area contributed by atoms with Gasteiger partial charge in [0.15, 0.2) is 5.78 Å². The minimum absolute atomic E-state index is 0.116. The summed E-state index contributed by atoms with van der Waals surface area (Å²) in [7, 11) is 0. The molecule has 0 N–H and O–H groups in total. The zero-order chi connectivity index (χ0) is 19.7. The molecule has 1 nitrogen and oxygen atoms in total. The molecule has 0 atom stereocenters. The first kappa shape index (κ1) is 17.4. The molecule has 4 aromatic carbocycles. The predicted octanol–water partition coefficient (Wildman–Crippen LogP) is 6.30. The van der Waals surface area contributed by atoms with Crippen LogP contribution in [0.5, 0.6) is 0 Å². The third-order valence-corrected chi connectivity index (χ3v) is 5.72. The third-order valence-electron chi connectivity index (χ3n) is 5.72. The van der Waals surface area contributed by atoms with E-state index < -0.39 is 5.41 Å². The molecular weight excluding hydrogens is 352 g/mol. The standard InChI is InChI=1S/C28H20O/c29-27-25-19-11-10-18-24(25)26(21-12-4-1-5-13-21)20-28(27,22-14-6-2-7-15-22)23-16-8-3-9-17-23/h1-20H. The molecule has 0 saturated carbocycles. The molecule has 1 heteroatoms. The zero-order valence-electron chi connectivity index (χ0n) is 16.0. The predicted molar refractivity (Wildman–Crippen MR) is 118 cm³/mol. The summed E-state index contributed by atoms with van der Waals surface area (Å²) in [6.45, 7) is 0. The summed E-state index contributed by atoms with van der Waals surface area (Å²) in [6.07, 6.45) is 2.16. The van der Waals surface area contributed by atoms with Gasteiger partial charge >= 0.3 is 0 Å².